The lowest BCUT2D eigenvalue weighted by Crippen LogP contribution is -2.49. The molecule has 0 aromatic heterocycles. The van der Waals surface area contributed by atoms with Gasteiger partial charge < -0.3 is 24.3 Å². The van der Waals surface area contributed by atoms with Crippen molar-refractivity contribution in [1.29, 1.82) is 0 Å². The monoisotopic (exact) mass is 361 g/mol. The second-order valence-corrected chi connectivity index (χ2v) is 7.62. The van der Waals surface area contributed by atoms with Crippen LogP contribution >= 0.6 is 0 Å². The maximum absolute atomic E-state index is 12.5. The minimum absolute atomic E-state index is 0.00962. The lowest BCUT2D eigenvalue weighted by atomic mass is 9.79. The maximum Gasteiger partial charge on any atom is 0.251 e. The zero-order chi connectivity index (χ0) is 17.8. The molecule has 2 aliphatic heterocycles. The largest absolute Gasteiger partial charge is 0.355 e. The Labute approximate surface area is 154 Å². The third-order valence-corrected chi connectivity index (χ3v) is 5.63. The third-order valence-electron chi connectivity index (χ3n) is 5.63. The van der Waals surface area contributed by atoms with Gasteiger partial charge in [0.15, 0.2) is 0 Å². The number of rotatable bonds is 3. The Bertz CT molecular complexity index is 597. The summed E-state index contributed by atoms with van der Waals surface area (Å²) in [5.41, 5.74) is 1.38. The van der Waals surface area contributed by atoms with E-state index in [0.29, 0.717) is 38.2 Å². The van der Waals surface area contributed by atoms with E-state index in [-0.39, 0.29) is 24.2 Å². The highest BCUT2D eigenvalue weighted by Crippen LogP contribution is 2.42. The van der Waals surface area contributed by atoms with Gasteiger partial charge >= 0.3 is 0 Å². The van der Waals surface area contributed by atoms with E-state index in [2.05, 4.69) is 5.32 Å². The van der Waals surface area contributed by atoms with E-state index in [1.54, 1.807) is 0 Å². The number of carbonyl (C=O) groups excluding carboxylic acids is 1. The molecule has 1 unspecified atom stereocenters. The molecule has 1 spiro atoms. The molecule has 1 amide bonds. The first-order valence-corrected chi connectivity index (χ1v) is 9.53. The van der Waals surface area contributed by atoms with Crippen LogP contribution in [-0.4, -0.2) is 45.4 Å². The number of hydrogen-bond acceptors (Lipinski definition) is 5. The molecule has 1 N–H and O–H groups in total. The predicted molar refractivity (Wildman–Crippen MR) is 94.6 cm³/mol. The zero-order valence-electron chi connectivity index (χ0n) is 15.1. The number of benzene rings is 1. The van der Waals surface area contributed by atoms with Gasteiger partial charge in [-0.25, -0.2) is 0 Å². The van der Waals surface area contributed by atoms with E-state index >= 15 is 0 Å². The molecule has 142 valence electrons. The molecule has 1 aliphatic carbocycles. The molecule has 1 atom stereocenters. The summed E-state index contributed by atoms with van der Waals surface area (Å²) in [4.78, 5) is 12.5. The molecule has 6 nitrogen and oxygen atoms in total. The molecule has 1 aromatic rings. The fourth-order valence-electron chi connectivity index (χ4n) is 4.21. The average molecular weight is 361 g/mol. The smallest absolute Gasteiger partial charge is 0.251 e. The van der Waals surface area contributed by atoms with Gasteiger partial charge in [-0.05, 0) is 30.5 Å². The summed E-state index contributed by atoms with van der Waals surface area (Å²) in [6.45, 7) is 2.20. The van der Waals surface area contributed by atoms with Gasteiger partial charge in [-0.15, -0.1) is 0 Å². The summed E-state index contributed by atoms with van der Waals surface area (Å²) >= 11 is 0. The minimum Gasteiger partial charge on any atom is -0.355 e. The molecular weight excluding hydrogens is 334 g/mol. The second kappa shape index (κ2) is 8.05. The minimum atomic E-state index is -0.331. The lowest BCUT2D eigenvalue weighted by Gasteiger charge is -2.45. The van der Waals surface area contributed by atoms with Crippen molar-refractivity contribution in [2.45, 2.75) is 44.2 Å². The topological polar surface area (TPSA) is 66.0 Å². The van der Waals surface area contributed by atoms with E-state index in [9.17, 15) is 4.79 Å². The van der Waals surface area contributed by atoms with Gasteiger partial charge in [0.25, 0.3) is 5.91 Å². The van der Waals surface area contributed by atoms with Gasteiger partial charge in [-0.3, -0.25) is 4.79 Å². The second-order valence-electron chi connectivity index (χ2n) is 7.62. The first-order valence-electron chi connectivity index (χ1n) is 9.53. The number of carbonyl (C=O) groups is 1. The fourth-order valence-corrected chi connectivity index (χ4v) is 4.21. The average Bonchev–Trinajstić information content (AvgIpc) is 2.70. The summed E-state index contributed by atoms with van der Waals surface area (Å²) in [5, 5.41) is 3.16. The van der Waals surface area contributed by atoms with Crippen LogP contribution in [0.15, 0.2) is 24.3 Å². The molecule has 2 saturated heterocycles. The van der Waals surface area contributed by atoms with Crippen LogP contribution in [0.3, 0.4) is 0 Å². The SMILES string of the molecule is O=C(NC1CCCCC1)c1ccc(C2OCOCC23COCOC3)cc1. The summed E-state index contributed by atoms with van der Waals surface area (Å²) in [6, 6.07) is 8.02. The zero-order valence-corrected chi connectivity index (χ0v) is 15.1. The maximum atomic E-state index is 12.5. The standard InChI is InChI=1S/C20H27NO5/c22-19(21-17-4-2-1-3-5-17)16-8-6-15(7-9-16)18-20(12-25-14-26-18)10-23-13-24-11-20/h6-9,17-18H,1-5,10-14H2,(H,21,22). The fraction of sp³-hybridized carbons (Fsp3) is 0.650. The summed E-state index contributed by atoms with van der Waals surface area (Å²) in [6.07, 6.45) is 5.70. The van der Waals surface area contributed by atoms with Gasteiger partial charge in [-0.1, -0.05) is 31.4 Å². The van der Waals surface area contributed by atoms with Crippen LogP contribution in [0.2, 0.25) is 0 Å². The van der Waals surface area contributed by atoms with Gasteiger partial charge in [0.1, 0.15) is 13.6 Å². The molecule has 1 aromatic carbocycles. The van der Waals surface area contributed by atoms with Gasteiger partial charge in [-0.2, -0.15) is 0 Å². The first kappa shape index (κ1) is 17.9. The van der Waals surface area contributed by atoms with Gasteiger partial charge in [0, 0.05) is 11.6 Å². The van der Waals surface area contributed by atoms with Crippen molar-refractivity contribution in [3.63, 3.8) is 0 Å². The third kappa shape index (κ3) is 3.78. The highest BCUT2D eigenvalue weighted by atomic mass is 16.7. The molecule has 3 aliphatic rings. The van der Waals surface area contributed by atoms with Crippen molar-refractivity contribution in [3.8, 4) is 0 Å². The van der Waals surface area contributed by atoms with Gasteiger partial charge in [0.2, 0.25) is 0 Å². The van der Waals surface area contributed by atoms with E-state index < -0.39 is 0 Å². The van der Waals surface area contributed by atoms with Crippen LogP contribution in [0.5, 0.6) is 0 Å². The Morgan fingerprint density at radius 1 is 0.923 bits per heavy atom. The number of hydrogen-bond donors (Lipinski definition) is 1. The molecule has 6 heteroatoms. The number of amides is 1. The van der Waals surface area contributed by atoms with Gasteiger partial charge in [0.05, 0.1) is 31.3 Å². The lowest BCUT2D eigenvalue weighted by molar-refractivity contribution is -0.279. The van der Waals surface area contributed by atoms with Crippen molar-refractivity contribution in [3.05, 3.63) is 35.4 Å². The summed E-state index contributed by atoms with van der Waals surface area (Å²) < 4.78 is 22.4. The van der Waals surface area contributed by atoms with Crippen molar-refractivity contribution in [2.75, 3.05) is 33.4 Å². The molecule has 3 fully saturated rings. The predicted octanol–water partition coefficient (Wildman–Crippen LogP) is 2.79. The number of nitrogens with one attached hydrogen (secondary N) is 1. The van der Waals surface area contributed by atoms with Crippen LogP contribution in [0.4, 0.5) is 0 Å². The van der Waals surface area contributed by atoms with E-state index in [4.69, 9.17) is 18.9 Å². The number of ether oxygens (including phenoxy) is 4. The molecule has 0 radical (unpaired) electrons. The molecule has 26 heavy (non-hydrogen) atoms. The summed E-state index contributed by atoms with van der Waals surface area (Å²) in [5.74, 6) is 0.00962. The highest BCUT2D eigenvalue weighted by molar-refractivity contribution is 5.94. The molecular formula is C20H27NO5. The Morgan fingerprint density at radius 3 is 2.27 bits per heavy atom. The normalized spacial score (nSPS) is 26.5. The van der Waals surface area contributed by atoms with Crippen LogP contribution < -0.4 is 5.32 Å². The van der Waals surface area contributed by atoms with Crippen molar-refractivity contribution in [2.24, 2.45) is 5.41 Å². The Hall–Kier alpha value is -1.47. The quantitative estimate of drug-likeness (QED) is 0.897. The molecule has 0 bridgehead atoms. The van der Waals surface area contributed by atoms with Crippen LogP contribution in [0, 0.1) is 5.41 Å². The van der Waals surface area contributed by atoms with Crippen molar-refractivity contribution < 1.29 is 23.7 Å². The van der Waals surface area contributed by atoms with E-state index in [1.807, 2.05) is 24.3 Å². The Morgan fingerprint density at radius 2 is 1.58 bits per heavy atom. The molecule has 4 rings (SSSR count). The summed E-state index contributed by atoms with van der Waals surface area (Å²) in [7, 11) is 0. The first-order chi connectivity index (χ1) is 12.8. The van der Waals surface area contributed by atoms with Crippen LogP contribution in [-0.2, 0) is 18.9 Å². The van der Waals surface area contributed by atoms with Crippen molar-refractivity contribution >= 4 is 5.91 Å². The Kier molecular flexibility index (Phi) is 5.55. The van der Waals surface area contributed by atoms with E-state index in [0.717, 1.165) is 18.4 Å². The molecule has 1 saturated carbocycles. The van der Waals surface area contributed by atoms with E-state index in [1.165, 1.54) is 19.3 Å². The molecule has 2 heterocycles. The van der Waals surface area contributed by atoms with Crippen LogP contribution in [0.1, 0.15) is 54.1 Å². The Balaban J connectivity index is 1.45. The van der Waals surface area contributed by atoms with Crippen LogP contribution in [0.25, 0.3) is 0 Å². The van der Waals surface area contributed by atoms with Crippen molar-refractivity contribution in [1.82, 2.24) is 5.32 Å². The highest BCUT2D eigenvalue weighted by Gasteiger charge is 2.46.